The predicted octanol–water partition coefficient (Wildman–Crippen LogP) is 9.96. The molecule has 2 aliphatic carbocycles. The zero-order valence-electron chi connectivity index (χ0n) is 44.8. The number of benzene rings is 5. The smallest absolute Gasteiger partial charge is 0.340 e. The number of rotatable bonds is 16. The molecule has 3 aliphatic heterocycles. The summed E-state index contributed by atoms with van der Waals surface area (Å²) in [6, 6.07) is 40.0. The van der Waals surface area contributed by atoms with Crippen molar-refractivity contribution in [3.8, 4) is 5.75 Å². The van der Waals surface area contributed by atoms with Crippen molar-refractivity contribution in [3.05, 3.63) is 221 Å². The van der Waals surface area contributed by atoms with Crippen LogP contribution in [0, 0.1) is 22.7 Å². The summed E-state index contributed by atoms with van der Waals surface area (Å²) in [4.78, 5) is 68.2. The van der Waals surface area contributed by atoms with E-state index in [0.717, 1.165) is 31.2 Å². The number of hydrogen-bond donors (Lipinski definition) is 0. The zero-order valence-corrected chi connectivity index (χ0v) is 44.8. The van der Waals surface area contributed by atoms with Crippen LogP contribution in [0.25, 0.3) is 0 Å². The largest absolute Gasteiger partial charge is 0.487 e. The van der Waals surface area contributed by atoms with Gasteiger partial charge in [0.1, 0.15) is 30.8 Å². The zero-order chi connectivity index (χ0) is 56.1. The van der Waals surface area contributed by atoms with Crippen LogP contribution >= 0.6 is 0 Å². The number of allylic oxidation sites excluding steroid dienone is 2. The van der Waals surface area contributed by atoms with Gasteiger partial charge in [-0.05, 0) is 104 Å². The lowest BCUT2D eigenvalue weighted by atomic mass is 9.46. The van der Waals surface area contributed by atoms with Crippen molar-refractivity contribution in [2.75, 3.05) is 13.2 Å². The number of nitrogens with zero attached hydrogens (tertiary/aromatic N) is 3. The lowest BCUT2D eigenvalue weighted by Gasteiger charge is -2.62. The monoisotopic (exact) mass is 1100 g/mol. The molecule has 2 saturated heterocycles. The molecule has 81 heavy (non-hydrogen) atoms. The number of carbonyl (C=O) groups excluding carboxylic acids is 5. The van der Waals surface area contributed by atoms with Gasteiger partial charge in [0.05, 0.1) is 53.3 Å². The van der Waals surface area contributed by atoms with Crippen molar-refractivity contribution in [1.29, 1.82) is 0 Å². The van der Waals surface area contributed by atoms with Crippen molar-refractivity contribution >= 4 is 29.8 Å². The standard InChI is InChI=1S/C64H61N3O14/c1-40-24-31-51-63(2,49(40)30-27-45-33-35-73-56(45)68)34-32-52-64(51,3)39-75-61(77-52)46-25-28-48(29-26-46)74-38-47-36-67(66-65-47)37-50-53(78-57(69)41-16-8-4-9-17-41)54(79-58(70)42-18-10-5-11-19-42)55(80-59(71)43-20-12-6-13-21-43)62(76-50)81-60(72)44-22-14-7-15-23-44/h4-23,25-30,33,36,49-55,61-62H,1,24,31-32,34-35,37-39H2,2-3H3/b30-27+/t49-,50?,51+,52?,53?,54?,55?,61?,62?,63+,64+/m1/s1. The van der Waals surface area contributed by atoms with Crippen LogP contribution in [0.3, 0.4) is 0 Å². The van der Waals surface area contributed by atoms with Gasteiger partial charge in [0, 0.05) is 16.9 Å². The Bertz CT molecular complexity index is 3320. The first kappa shape index (κ1) is 54.4. The third-order valence-electron chi connectivity index (χ3n) is 16.3. The van der Waals surface area contributed by atoms with Crippen LogP contribution in [0.15, 0.2) is 188 Å². The molecule has 0 amide bonds. The molecule has 17 nitrogen and oxygen atoms in total. The van der Waals surface area contributed by atoms with Gasteiger partial charge in [-0.1, -0.05) is 128 Å². The van der Waals surface area contributed by atoms with Crippen molar-refractivity contribution < 1.29 is 66.6 Å². The first-order valence-corrected chi connectivity index (χ1v) is 27.1. The molecule has 1 aromatic heterocycles. The third-order valence-corrected chi connectivity index (χ3v) is 16.3. The fraction of sp³-hybridized carbons (Fsp3) is 0.328. The number of carbonyl (C=O) groups is 5. The van der Waals surface area contributed by atoms with E-state index in [-0.39, 0.29) is 64.2 Å². The highest BCUT2D eigenvalue weighted by Crippen LogP contribution is 2.63. The maximum Gasteiger partial charge on any atom is 0.340 e. The van der Waals surface area contributed by atoms with Gasteiger partial charge >= 0.3 is 29.8 Å². The molecule has 0 N–H and O–H groups in total. The average Bonchev–Trinajstić information content (AvgIpc) is 4.23. The summed E-state index contributed by atoms with van der Waals surface area (Å²) in [5.74, 6) is -2.66. The summed E-state index contributed by atoms with van der Waals surface area (Å²) in [6.07, 6.45) is 2.77. The fourth-order valence-corrected chi connectivity index (χ4v) is 12.1. The van der Waals surface area contributed by atoms with E-state index in [1.165, 1.54) is 34.5 Å². The van der Waals surface area contributed by atoms with E-state index in [1.54, 1.807) is 103 Å². The van der Waals surface area contributed by atoms with E-state index < -0.39 is 60.9 Å². The van der Waals surface area contributed by atoms with E-state index in [1.807, 2.05) is 36.4 Å². The maximum atomic E-state index is 14.1. The molecule has 4 fully saturated rings. The third kappa shape index (κ3) is 11.7. The highest BCUT2D eigenvalue weighted by atomic mass is 16.7. The molecule has 0 bridgehead atoms. The first-order valence-electron chi connectivity index (χ1n) is 27.1. The summed E-state index contributed by atoms with van der Waals surface area (Å²) in [7, 11) is 0. The molecule has 17 heteroatoms. The quantitative estimate of drug-likeness (QED) is 0.0503. The number of aromatic nitrogens is 3. The molecule has 6 aromatic rings. The van der Waals surface area contributed by atoms with Gasteiger partial charge in [0.2, 0.25) is 12.4 Å². The van der Waals surface area contributed by atoms with Crippen molar-refractivity contribution in [2.24, 2.45) is 22.7 Å². The molecular formula is C64H61N3O14. The minimum absolute atomic E-state index is 0.00470. The number of fused-ring (bicyclic) bond motifs is 3. The molecule has 5 aromatic carbocycles. The summed E-state index contributed by atoms with van der Waals surface area (Å²) in [5.41, 5.74) is 3.36. The Kier molecular flexibility index (Phi) is 15.9. The summed E-state index contributed by atoms with van der Waals surface area (Å²) >= 11 is 0. The minimum Gasteiger partial charge on any atom is -0.487 e. The minimum atomic E-state index is -1.72. The van der Waals surface area contributed by atoms with E-state index in [9.17, 15) is 24.0 Å². The molecule has 7 unspecified atom stereocenters. The van der Waals surface area contributed by atoms with Crippen LogP contribution in [0.4, 0.5) is 0 Å². The maximum absolute atomic E-state index is 14.1. The Balaban J connectivity index is 0.801. The Morgan fingerprint density at radius 3 is 1.84 bits per heavy atom. The molecule has 0 spiro atoms. The van der Waals surface area contributed by atoms with Crippen LogP contribution in [-0.2, 0) is 55.8 Å². The van der Waals surface area contributed by atoms with Crippen LogP contribution in [-0.4, -0.2) is 94.9 Å². The van der Waals surface area contributed by atoms with Crippen LogP contribution in [0.2, 0.25) is 0 Å². The van der Waals surface area contributed by atoms with Gasteiger partial charge in [0.25, 0.3) is 0 Å². The second-order valence-electron chi connectivity index (χ2n) is 21.5. The topological polar surface area (TPSA) is 199 Å². The van der Waals surface area contributed by atoms with Crippen molar-refractivity contribution in [3.63, 3.8) is 0 Å². The van der Waals surface area contributed by atoms with E-state index in [0.29, 0.717) is 36.1 Å². The van der Waals surface area contributed by atoms with Gasteiger partial charge in [-0.15, -0.1) is 5.10 Å². The normalized spacial score (nSPS) is 27.9. The van der Waals surface area contributed by atoms with Gasteiger partial charge in [-0.2, -0.15) is 0 Å². The number of ether oxygens (including phenoxy) is 9. The van der Waals surface area contributed by atoms with Crippen LogP contribution in [0.5, 0.6) is 5.75 Å². The second kappa shape index (κ2) is 23.7. The summed E-state index contributed by atoms with van der Waals surface area (Å²) < 4.78 is 57.2. The van der Waals surface area contributed by atoms with Crippen molar-refractivity contribution in [2.45, 2.75) is 95.8 Å². The Labute approximate surface area is 468 Å². The number of cyclic esters (lactones) is 1. The first-order chi connectivity index (χ1) is 39.3. The molecule has 4 heterocycles. The number of hydrogen-bond acceptors (Lipinski definition) is 16. The molecule has 2 saturated carbocycles. The fourth-order valence-electron chi connectivity index (χ4n) is 12.1. The lowest BCUT2D eigenvalue weighted by Crippen LogP contribution is -2.63. The molecule has 416 valence electrons. The average molecular weight is 1100 g/mol. The summed E-state index contributed by atoms with van der Waals surface area (Å²) in [5, 5.41) is 8.71. The van der Waals surface area contributed by atoms with Crippen LogP contribution in [0.1, 0.15) is 98.5 Å². The van der Waals surface area contributed by atoms with Gasteiger partial charge in [-0.25, -0.2) is 28.7 Å². The molecule has 11 atom stereocenters. The highest BCUT2D eigenvalue weighted by Gasteiger charge is 2.60. The van der Waals surface area contributed by atoms with Crippen LogP contribution < -0.4 is 4.74 Å². The van der Waals surface area contributed by atoms with E-state index in [4.69, 9.17) is 42.6 Å². The second-order valence-corrected chi connectivity index (χ2v) is 21.5. The molecule has 11 rings (SSSR count). The molecule has 5 aliphatic rings. The van der Waals surface area contributed by atoms with Gasteiger partial charge in [0.15, 0.2) is 18.5 Å². The highest BCUT2D eigenvalue weighted by molar-refractivity contribution is 5.94. The Morgan fingerprint density at radius 1 is 0.691 bits per heavy atom. The summed E-state index contributed by atoms with van der Waals surface area (Å²) in [6.45, 7) is 9.77. The number of esters is 5. The molecular weight excluding hydrogens is 1030 g/mol. The van der Waals surface area contributed by atoms with Gasteiger partial charge in [-0.3, -0.25) is 0 Å². The van der Waals surface area contributed by atoms with Gasteiger partial charge < -0.3 is 42.6 Å². The SMILES string of the molecule is C=C1CC[C@H]2[C@@](C)(CCC3OC(c4ccc(OCc5cn(CC6OC(OC(=O)c7ccccc7)C(OC(=O)c7ccccc7)C(OC(=O)c7ccccc7)C6OC(=O)c6ccccc6)nn5)cc4)OC[C@]32C)[C@@H]1/C=C/C1=CCOC1=O. The molecule has 0 radical (unpaired) electrons. The van der Waals surface area contributed by atoms with Crippen molar-refractivity contribution in [1.82, 2.24) is 15.0 Å². The lowest BCUT2D eigenvalue weighted by molar-refractivity contribution is -0.306. The Hall–Kier alpha value is -8.51. The van der Waals surface area contributed by atoms with E-state index in [2.05, 4.69) is 36.8 Å². The van der Waals surface area contributed by atoms with E-state index >= 15 is 0 Å². The Morgan fingerprint density at radius 2 is 1.26 bits per heavy atom. The predicted molar refractivity (Wildman–Crippen MR) is 291 cm³/mol.